The first-order valence-corrected chi connectivity index (χ1v) is 6.46. The highest BCUT2D eigenvalue weighted by Crippen LogP contribution is 2.19. The van der Waals surface area contributed by atoms with Crippen molar-refractivity contribution < 1.29 is 4.39 Å². The Morgan fingerprint density at radius 3 is 3.06 bits per heavy atom. The summed E-state index contributed by atoms with van der Waals surface area (Å²) in [4.78, 5) is 8.42. The van der Waals surface area contributed by atoms with Gasteiger partial charge in [-0.15, -0.1) is 11.3 Å². The summed E-state index contributed by atoms with van der Waals surface area (Å²) < 4.78 is 15.1. The van der Waals surface area contributed by atoms with Crippen molar-refractivity contribution in [2.24, 2.45) is 0 Å². The Morgan fingerprint density at radius 2 is 2.28 bits per heavy atom. The molecule has 0 spiro atoms. The minimum absolute atomic E-state index is 0.280. The molecule has 2 N–H and O–H groups in total. The molecule has 18 heavy (non-hydrogen) atoms. The highest BCUT2D eigenvalue weighted by Gasteiger charge is 2.09. The van der Waals surface area contributed by atoms with Crippen LogP contribution in [0.3, 0.4) is 0 Å². The van der Waals surface area contributed by atoms with Gasteiger partial charge >= 0.3 is 0 Å². The van der Waals surface area contributed by atoms with Crippen molar-refractivity contribution in [1.82, 2.24) is 14.5 Å². The lowest BCUT2D eigenvalue weighted by Gasteiger charge is -2.04. The summed E-state index contributed by atoms with van der Waals surface area (Å²) >= 11 is 1.56. The fourth-order valence-electron chi connectivity index (χ4n) is 1.94. The summed E-state index contributed by atoms with van der Waals surface area (Å²) in [6.45, 7) is 0.648. The van der Waals surface area contributed by atoms with Crippen molar-refractivity contribution in [2.75, 3.05) is 5.73 Å². The van der Waals surface area contributed by atoms with Gasteiger partial charge in [-0.05, 0) is 18.2 Å². The standard InChI is InChI=1S/C12H11FN4S/c13-8-1-2-10-11(5-8)17(12(14)16-10)4-3-9-6-18-7-15-9/h1-2,5-7H,3-4H2,(H2,14,16). The van der Waals surface area contributed by atoms with Gasteiger partial charge in [0.05, 0.1) is 22.2 Å². The molecule has 0 bridgehead atoms. The molecule has 0 amide bonds. The zero-order valence-corrected chi connectivity index (χ0v) is 10.3. The Morgan fingerprint density at radius 1 is 1.39 bits per heavy atom. The molecule has 0 saturated carbocycles. The Balaban J connectivity index is 1.95. The van der Waals surface area contributed by atoms with Crippen LogP contribution < -0.4 is 5.73 Å². The molecule has 92 valence electrons. The maximum Gasteiger partial charge on any atom is 0.201 e. The summed E-state index contributed by atoms with van der Waals surface area (Å²) in [5.41, 5.74) is 10.1. The maximum absolute atomic E-state index is 13.2. The predicted molar refractivity (Wildman–Crippen MR) is 69.9 cm³/mol. The second-order valence-corrected chi connectivity index (χ2v) is 4.70. The molecule has 0 saturated heterocycles. The molecule has 0 fully saturated rings. The van der Waals surface area contributed by atoms with E-state index in [-0.39, 0.29) is 5.82 Å². The van der Waals surface area contributed by atoms with Gasteiger partial charge in [0, 0.05) is 18.3 Å². The summed E-state index contributed by atoms with van der Waals surface area (Å²) in [7, 11) is 0. The third-order valence-corrected chi connectivity index (χ3v) is 3.45. The number of anilines is 1. The zero-order chi connectivity index (χ0) is 12.5. The van der Waals surface area contributed by atoms with Crippen LogP contribution in [0.4, 0.5) is 10.3 Å². The normalized spacial score (nSPS) is 11.2. The number of imidazole rings is 1. The number of aromatic nitrogens is 3. The van der Waals surface area contributed by atoms with Gasteiger partial charge < -0.3 is 10.3 Å². The number of benzene rings is 1. The van der Waals surface area contributed by atoms with Crippen LogP contribution in [0, 0.1) is 5.82 Å². The van der Waals surface area contributed by atoms with Crippen molar-refractivity contribution in [3.8, 4) is 0 Å². The molecule has 0 atom stereocenters. The molecule has 0 aliphatic rings. The average Bonchev–Trinajstić information content (AvgIpc) is 2.94. The second-order valence-electron chi connectivity index (χ2n) is 3.98. The topological polar surface area (TPSA) is 56.7 Å². The van der Waals surface area contributed by atoms with Gasteiger partial charge in [-0.25, -0.2) is 14.4 Å². The number of hydrogen-bond acceptors (Lipinski definition) is 4. The molecular formula is C12H11FN4S. The van der Waals surface area contributed by atoms with Gasteiger partial charge in [0.2, 0.25) is 5.95 Å². The number of hydrogen-bond donors (Lipinski definition) is 1. The second kappa shape index (κ2) is 4.38. The fraction of sp³-hybridized carbons (Fsp3) is 0.167. The third kappa shape index (κ3) is 1.95. The predicted octanol–water partition coefficient (Wildman–Crippen LogP) is 2.46. The van der Waals surface area contributed by atoms with Crippen molar-refractivity contribution in [2.45, 2.75) is 13.0 Å². The third-order valence-electron chi connectivity index (χ3n) is 2.81. The summed E-state index contributed by atoms with van der Waals surface area (Å²) in [5.74, 6) is 0.128. The average molecular weight is 262 g/mol. The maximum atomic E-state index is 13.2. The van der Waals surface area contributed by atoms with Crippen LogP contribution in [0.25, 0.3) is 11.0 Å². The van der Waals surface area contributed by atoms with E-state index in [1.165, 1.54) is 12.1 Å². The minimum atomic E-state index is -0.280. The van der Waals surface area contributed by atoms with Crippen LogP contribution in [0.2, 0.25) is 0 Å². The van der Waals surface area contributed by atoms with Gasteiger partial charge in [0.1, 0.15) is 5.82 Å². The van der Waals surface area contributed by atoms with Crippen LogP contribution in [-0.4, -0.2) is 14.5 Å². The van der Waals surface area contributed by atoms with Crippen molar-refractivity contribution in [3.63, 3.8) is 0 Å². The monoisotopic (exact) mass is 262 g/mol. The van der Waals surface area contributed by atoms with E-state index in [9.17, 15) is 4.39 Å². The quantitative estimate of drug-likeness (QED) is 0.788. The van der Waals surface area contributed by atoms with Crippen molar-refractivity contribution in [3.05, 3.63) is 40.6 Å². The summed E-state index contributed by atoms with van der Waals surface area (Å²) in [6, 6.07) is 4.49. The van der Waals surface area contributed by atoms with Crippen LogP contribution in [0.15, 0.2) is 29.1 Å². The van der Waals surface area contributed by atoms with Gasteiger partial charge in [-0.1, -0.05) is 0 Å². The van der Waals surface area contributed by atoms with E-state index in [0.717, 1.165) is 17.6 Å². The Hall–Kier alpha value is -1.95. The molecule has 0 unspecified atom stereocenters. The summed E-state index contributed by atoms with van der Waals surface area (Å²) in [5, 5.41) is 2.00. The van der Waals surface area contributed by atoms with E-state index in [4.69, 9.17) is 5.73 Å². The molecule has 2 aromatic heterocycles. The first kappa shape index (κ1) is 11.2. The number of nitrogens with zero attached hydrogens (tertiary/aromatic N) is 3. The number of rotatable bonds is 3. The highest BCUT2D eigenvalue weighted by molar-refractivity contribution is 7.07. The lowest BCUT2D eigenvalue weighted by molar-refractivity contribution is 0.627. The number of thiazole rings is 1. The van der Waals surface area contributed by atoms with Crippen LogP contribution >= 0.6 is 11.3 Å². The van der Waals surface area contributed by atoms with Gasteiger partial charge in [-0.2, -0.15) is 0 Å². The first-order valence-electron chi connectivity index (χ1n) is 5.52. The number of halogens is 1. The number of fused-ring (bicyclic) bond motifs is 1. The molecular weight excluding hydrogens is 251 g/mol. The zero-order valence-electron chi connectivity index (χ0n) is 9.51. The molecule has 3 aromatic rings. The van der Waals surface area contributed by atoms with Gasteiger partial charge in [0.25, 0.3) is 0 Å². The van der Waals surface area contributed by atoms with E-state index in [0.29, 0.717) is 18.0 Å². The highest BCUT2D eigenvalue weighted by atomic mass is 32.1. The Kier molecular flexibility index (Phi) is 2.71. The van der Waals surface area contributed by atoms with E-state index < -0.39 is 0 Å². The Bertz CT molecular complexity index is 675. The first-order chi connectivity index (χ1) is 8.74. The van der Waals surface area contributed by atoms with E-state index in [1.54, 1.807) is 22.9 Å². The SMILES string of the molecule is Nc1nc2ccc(F)cc2n1CCc1cscn1. The van der Waals surface area contributed by atoms with E-state index in [1.807, 2.05) is 9.95 Å². The number of aryl methyl sites for hydroxylation is 2. The molecule has 1 aromatic carbocycles. The minimum Gasteiger partial charge on any atom is -0.369 e. The van der Waals surface area contributed by atoms with Crippen LogP contribution in [0.5, 0.6) is 0 Å². The van der Waals surface area contributed by atoms with E-state index in [2.05, 4.69) is 9.97 Å². The molecule has 0 aliphatic heterocycles. The summed E-state index contributed by atoms with van der Waals surface area (Å²) in [6.07, 6.45) is 0.760. The molecule has 3 rings (SSSR count). The van der Waals surface area contributed by atoms with Crippen molar-refractivity contribution >= 4 is 28.3 Å². The Labute approximate surface area is 107 Å². The molecule has 4 nitrogen and oxygen atoms in total. The lowest BCUT2D eigenvalue weighted by atomic mass is 10.3. The van der Waals surface area contributed by atoms with Crippen molar-refractivity contribution in [1.29, 1.82) is 0 Å². The smallest absolute Gasteiger partial charge is 0.201 e. The van der Waals surface area contributed by atoms with Gasteiger partial charge in [-0.3, -0.25) is 0 Å². The largest absolute Gasteiger partial charge is 0.369 e. The fourth-order valence-corrected chi connectivity index (χ4v) is 2.53. The molecule has 6 heteroatoms. The van der Waals surface area contributed by atoms with E-state index >= 15 is 0 Å². The molecule has 0 radical (unpaired) electrons. The van der Waals surface area contributed by atoms with Gasteiger partial charge in [0.15, 0.2) is 0 Å². The lowest BCUT2D eigenvalue weighted by Crippen LogP contribution is -2.05. The van der Waals surface area contributed by atoms with Crippen LogP contribution in [-0.2, 0) is 13.0 Å². The van der Waals surface area contributed by atoms with Crippen LogP contribution in [0.1, 0.15) is 5.69 Å². The number of nitrogens with two attached hydrogens (primary N) is 1. The molecule has 0 aliphatic carbocycles. The number of nitrogen functional groups attached to an aromatic ring is 1. The molecule has 2 heterocycles.